The summed E-state index contributed by atoms with van der Waals surface area (Å²) in [6.45, 7) is -9.66. The van der Waals surface area contributed by atoms with Crippen molar-refractivity contribution in [3.8, 4) is 0 Å². The lowest BCUT2D eigenvalue weighted by Crippen LogP contribution is -2.65. The van der Waals surface area contributed by atoms with E-state index in [-0.39, 0.29) is 0 Å². The van der Waals surface area contributed by atoms with Gasteiger partial charge in [0.1, 0.15) is 61.0 Å². The minimum atomic E-state index is -6.81. The third kappa shape index (κ3) is 31.3. The van der Waals surface area contributed by atoms with Gasteiger partial charge in [-0.05, 0) is 0 Å². The molecule has 2 heterocycles. The zero-order valence-electron chi connectivity index (χ0n) is 37.5. The van der Waals surface area contributed by atoms with Crippen LogP contribution in [0.25, 0.3) is 0 Å². The molecule has 0 aromatic heterocycles. The Hall–Kier alpha value is -1.72. The van der Waals surface area contributed by atoms with Gasteiger partial charge in [0.2, 0.25) is 0 Å². The summed E-state index contributed by atoms with van der Waals surface area (Å²) in [5.41, 5.74) is 0. The molecule has 14 atom stereocenters. The quantitative estimate of drug-likeness (QED) is 0.0262. The number of hydrogen-bond donors (Lipinski definition) is 12. The number of rotatable bonds is 35. The summed E-state index contributed by atoms with van der Waals surface area (Å²) in [6, 6.07) is 0. The predicted molar refractivity (Wildman–Crippen MR) is 228 cm³/mol. The van der Waals surface area contributed by atoms with E-state index < -0.39 is 237 Å². The molecule has 2 aliphatic rings. The van der Waals surface area contributed by atoms with Crippen LogP contribution >= 0.6 is 0 Å². The summed E-state index contributed by atoms with van der Waals surface area (Å²) in [7, 11) is -77.0. The maximum absolute atomic E-state index is 12.5. The molecule has 2 fully saturated rings. The van der Waals surface area contributed by atoms with Crippen molar-refractivity contribution in [2.45, 2.75) is 85.8 Å². The van der Waals surface area contributed by atoms with E-state index in [0.29, 0.717) is 0 Å². The molecule has 0 amide bonds. The van der Waals surface area contributed by atoms with Crippen LogP contribution in [0.4, 0.5) is 0 Å². The Kier molecular flexibility index (Phi) is 25.9. The van der Waals surface area contributed by atoms with Crippen molar-refractivity contribution in [3.63, 3.8) is 0 Å². The van der Waals surface area contributed by atoms with E-state index >= 15 is 0 Å². The van der Waals surface area contributed by atoms with Gasteiger partial charge in [-0.3, -0.25) is 54.6 Å². The van der Waals surface area contributed by atoms with Crippen LogP contribution in [-0.4, -0.2) is 268 Å². The van der Waals surface area contributed by atoms with Crippen LogP contribution in [0.5, 0.6) is 0 Å². The Morgan fingerprint density at radius 3 is 0.878 bits per heavy atom. The van der Waals surface area contributed by atoms with Gasteiger partial charge in [-0.25, -0.2) is 50.2 Å². The van der Waals surface area contributed by atoms with Crippen LogP contribution in [-0.2, 0) is 194 Å². The Labute approximate surface area is 459 Å². The van der Waals surface area contributed by atoms with Crippen molar-refractivity contribution < 1.29 is 225 Å². The van der Waals surface area contributed by atoms with Gasteiger partial charge < -0.3 is 18.9 Å². The molecule has 0 radical (unpaired) electrons. The van der Waals surface area contributed by atoms with Crippen LogP contribution in [0.2, 0.25) is 0 Å². The van der Waals surface area contributed by atoms with Gasteiger partial charge in [0.05, 0.1) is 26.4 Å². The average Bonchev–Trinajstić information content (AvgIpc) is 3.17. The highest BCUT2D eigenvalue weighted by Crippen LogP contribution is 2.37. The van der Waals surface area contributed by atoms with Gasteiger partial charge in [-0.1, -0.05) is 0 Å². The van der Waals surface area contributed by atoms with Gasteiger partial charge >= 0.3 is 125 Å². The van der Waals surface area contributed by atoms with E-state index in [2.05, 4.69) is 50.2 Å². The molecule has 2 rings (SSSR count). The van der Waals surface area contributed by atoms with Crippen LogP contribution in [0.15, 0.2) is 0 Å². The first-order valence-corrected chi connectivity index (χ1v) is 34.8. The Bertz CT molecular complexity index is 3630. The Morgan fingerprint density at radius 1 is 0.293 bits per heavy atom. The second-order valence-electron chi connectivity index (χ2n) is 14.2. The van der Waals surface area contributed by atoms with Gasteiger partial charge in [0.15, 0.2) is 24.8 Å². The molecular formula is C18H34O52S12. The normalized spacial score (nSPS) is 27.1. The minimum Gasteiger partial charge on any atom is -0.347 e. The highest BCUT2D eigenvalue weighted by Gasteiger charge is 2.58. The Morgan fingerprint density at radius 2 is 0.573 bits per heavy atom. The lowest BCUT2D eigenvalue weighted by molar-refractivity contribution is -0.320. The molecule has 0 unspecified atom stereocenters. The zero-order chi connectivity index (χ0) is 64.2. The van der Waals surface area contributed by atoms with Crippen molar-refractivity contribution in [3.05, 3.63) is 0 Å². The lowest BCUT2D eigenvalue weighted by atomic mass is 9.98. The maximum atomic E-state index is 12.5. The molecule has 82 heavy (non-hydrogen) atoms. The van der Waals surface area contributed by atoms with Gasteiger partial charge in [-0.2, -0.15) is 101 Å². The van der Waals surface area contributed by atoms with Crippen molar-refractivity contribution in [1.82, 2.24) is 0 Å². The molecule has 0 bridgehead atoms. The number of ether oxygens (including phenoxy) is 4. The molecule has 64 heteroatoms. The molecule has 0 spiro atoms. The minimum absolute atomic E-state index is 2.14. The van der Waals surface area contributed by atoms with Crippen molar-refractivity contribution in [2.24, 2.45) is 0 Å². The fraction of sp³-hybridized carbons (Fsp3) is 1.00. The van der Waals surface area contributed by atoms with Gasteiger partial charge in [-0.15, -0.1) is 0 Å². The van der Waals surface area contributed by atoms with Crippen LogP contribution < -0.4 is 0 Å². The average molecular weight is 1470 g/mol. The maximum Gasteiger partial charge on any atom is 0.397 e. The van der Waals surface area contributed by atoms with Crippen LogP contribution in [0.1, 0.15) is 0 Å². The first kappa shape index (κ1) is 76.4. The Balaban J connectivity index is 3.42. The SMILES string of the molecule is O=S(=O)(O)OC[C@H]1O[C@@H](OC[C@H](OS(=O)(=O)O)[C@@H](O[C@@H]2O[C@H](COS(=O)(=O)O)[C@@H](OS(=O)(=O)O)[C@H](OS(=O)(=O)O)[C@H]2OS(=O)(=O)O)[C@H](OS(=O)(=O)O)[C@@H](COS(=O)(=O)O)OS(=O)(=O)O)[C@H](OS(=O)(=O)O)[C@@H](OS(=O)(=O)O)[C@@H]1OS(=O)(=O)O. The number of hydrogen-bond acceptors (Lipinski definition) is 40. The molecule has 52 nitrogen and oxygen atoms in total. The largest absolute Gasteiger partial charge is 0.397 e. The van der Waals surface area contributed by atoms with E-state index in [1.54, 1.807) is 0 Å². The molecule has 0 aromatic carbocycles. The van der Waals surface area contributed by atoms with Crippen LogP contribution in [0.3, 0.4) is 0 Å². The summed E-state index contributed by atoms with van der Waals surface area (Å²) < 4.78 is 470. The molecule has 2 aliphatic heterocycles. The van der Waals surface area contributed by atoms with E-state index in [1.165, 1.54) is 0 Å². The fourth-order valence-corrected chi connectivity index (χ4v) is 11.5. The molecule has 490 valence electrons. The van der Waals surface area contributed by atoms with E-state index in [9.17, 15) is 151 Å². The summed E-state index contributed by atoms with van der Waals surface area (Å²) in [4.78, 5) is 0. The van der Waals surface area contributed by atoms with E-state index in [4.69, 9.17) is 23.5 Å². The third-order valence-electron chi connectivity index (χ3n) is 8.22. The first-order chi connectivity index (χ1) is 36.1. The monoisotopic (exact) mass is 1470 g/mol. The molecule has 2 saturated heterocycles. The van der Waals surface area contributed by atoms with Gasteiger partial charge in [0, 0.05) is 0 Å². The smallest absolute Gasteiger partial charge is 0.347 e. The second kappa shape index (κ2) is 27.8. The van der Waals surface area contributed by atoms with Crippen molar-refractivity contribution in [1.29, 1.82) is 0 Å². The molecule has 0 aliphatic carbocycles. The van der Waals surface area contributed by atoms with Crippen molar-refractivity contribution in [2.75, 3.05) is 26.4 Å². The molecule has 0 saturated carbocycles. The topological polar surface area (TPSA) is 800 Å². The predicted octanol–water partition coefficient (Wildman–Crippen LogP) is -10.0. The molecule has 0 aromatic rings. The van der Waals surface area contributed by atoms with E-state index in [1.807, 2.05) is 0 Å². The summed E-state index contributed by atoms with van der Waals surface area (Å²) in [5.74, 6) is 0. The second-order valence-corrected chi connectivity index (χ2v) is 26.9. The summed E-state index contributed by atoms with van der Waals surface area (Å²) in [6.07, 6.45) is -51.9. The molecular weight excluding hydrogens is 1430 g/mol. The van der Waals surface area contributed by atoms with Gasteiger partial charge in [0.25, 0.3) is 0 Å². The zero-order valence-corrected chi connectivity index (χ0v) is 47.3. The fourth-order valence-electron chi connectivity index (χ4n) is 6.08. The summed E-state index contributed by atoms with van der Waals surface area (Å²) >= 11 is 0. The third-order valence-corrected chi connectivity index (χ3v) is 13.8. The highest BCUT2D eigenvalue weighted by atomic mass is 32.3. The van der Waals surface area contributed by atoms with Crippen molar-refractivity contribution >= 4 is 125 Å². The molecule has 12 N–H and O–H groups in total. The first-order valence-electron chi connectivity index (χ1n) is 18.4. The van der Waals surface area contributed by atoms with Crippen LogP contribution in [0, 0.1) is 0 Å². The standard InChI is InChI=1S/C18H34O52S12/c19-71(20,21)56-2-5-10(64-76(34,35)36)13(67-79(43,44)45)15(69-81(49,50)51)17(59-5)55-1-7(62-74(28,29)30)9(12(66-78(40,41)42)8(63-75(31,32)33)4-58-73(25,26)27)61-18-16(70-82(52,53)54)14(68-80(46,47)48)11(65-77(37,38)39)6(60-18)3-57-72(22,23)24/h5-18H,1-4H2,(H,19,20,21)(H,22,23,24)(H,25,26,27)(H,28,29,30)(H,31,32,33)(H,34,35,36)(H,37,38,39)(H,40,41,42)(H,43,44,45)(H,46,47,48)(H,49,50,51)(H,52,53,54)/t5-,6-,7+,8-,9-,10-,11-,12-,13+,14+,15-,16-,17-,18+/m1/s1. The summed E-state index contributed by atoms with van der Waals surface area (Å²) in [5, 5.41) is 0. The lowest BCUT2D eigenvalue weighted by Gasteiger charge is -2.45. The highest BCUT2D eigenvalue weighted by molar-refractivity contribution is 7.83. The van der Waals surface area contributed by atoms with E-state index in [0.717, 1.165) is 0 Å².